The van der Waals surface area contributed by atoms with Crippen LogP contribution in [0.25, 0.3) is 0 Å². The lowest BCUT2D eigenvalue weighted by Gasteiger charge is -2.27. The van der Waals surface area contributed by atoms with Crippen molar-refractivity contribution in [3.8, 4) is 0 Å². The van der Waals surface area contributed by atoms with Crippen LogP contribution in [-0.4, -0.2) is 57.3 Å². The lowest BCUT2D eigenvalue weighted by molar-refractivity contribution is -0.132. The zero-order valence-electron chi connectivity index (χ0n) is 51.5. The SMILES string of the molecule is CCCCCCCCCCC/C=C\C/C=C\CCCCCCCCCCCCCCCCCCC(O)C(=O)NC(CO)C(O)C(O)CCCCCCCCCCCCCCCCCCCCCCCCCCCCCC. The molecule has 0 saturated heterocycles. The molecule has 0 aliphatic heterocycles. The molecule has 1 amide bonds. The first-order chi connectivity index (χ1) is 37.5. The summed E-state index contributed by atoms with van der Waals surface area (Å²) in [4.78, 5) is 12.7. The number of hydrogen-bond donors (Lipinski definition) is 5. The number of rotatable bonds is 65. The molecule has 0 aromatic carbocycles. The molecule has 0 aliphatic rings. The van der Waals surface area contributed by atoms with Crippen molar-refractivity contribution < 1.29 is 25.2 Å². The molecule has 0 aromatic rings. The van der Waals surface area contributed by atoms with Gasteiger partial charge in [-0.3, -0.25) is 4.79 Å². The fourth-order valence-corrected chi connectivity index (χ4v) is 11.3. The largest absolute Gasteiger partial charge is 0.394 e. The van der Waals surface area contributed by atoms with Gasteiger partial charge in [-0.1, -0.05) is 366 Å². The van der Waals surface area contributed by atoms with Gasteiger partial charge < -0.3 is 25.7 Å². The molecule has 5 N–H and O–H groups in total. The highest BCUT2D eigenvalue weighted by molar-refractivity contribution is 5.80. The van der Waals surface area contributed by atoms with Crippen LogP contribution in [0, 0.1) is 0 Å². The van der Waals surface area contributed by atoms with Gasteiger partial charge in [-0.2, -0.15) is 0 Å². The lowest BCUT2D eigenvalue weighted by atomic mass is 9.99. The number of allylic oxidation sites excluding steroid dienone is 4. The molecular formula is C70H137NO5. The Kier molecular flexibility index (Phi) is 63.6. The van der Waals surface area contributed by atoms with E-state index < -0.39 is 36.9 Å². The Morgan fingerprint density at radius 2 is 0.566 bits per heavy atom. The number of carbonyl (C=O) groups is 1. The van der Waals surface area contributed by atoms with Crippen molar-refractivity contribution in [3.05, 3.63) is 24.3 Å². The molecule has 76 heavy (non-hydrogen) atoms. The van der Waals surface area contributed by atoms with E-state index in [9.17, 15) is 25.2 Å². The van der Waals surface area contributed by atoms with Gasteiger partial charge in [0.1, 0.15) is 12.2 Å². The maximum absolute atomic E-state index is 12.7. The molecule has 0 heterocycles. The molecule has 0 saturated carbocycles. The highest BCUT2D eigenvalue weighted by Crippen LogP contribution is 2.20. The van der Waals surface area contributed by atoms with Gasteiger partial charge in [0.15, 0.2) is 0 Å². The molecule has 0 rings (SSSR count). The van der Waals surface area contributed by atoms with Gasteiger partial charge in [0.2, 0.25) is 5.91 Å². The average molecular weight is 1070 g/mol. The van der Waals surface area contributed by atoms with Crippen LogP contribution in [0.3, 0.4) is 0 Å². The summed E-state index contributed by atoms with van der Waals surface area (Å²) < 4.78 is 0. The Morgan fingerprint density at radius 1 is 0.329 bits per heavy atom. The van der Waals surface area contributed by atoms with E-state index >= 15 is 0 Å². The third-order valence-corrected chi connectivity index (χ3v) is 16.7. The summed E-state index contributed by atoms with van der Waals surface area (Å²) in [6.07, 6.45) is 81.5. The molecule has 4 unspecified atom stereocenters. The second-order valence-electron chi connectivity index (χ2n) is 24.2. The second kappa shape index (κ2) is 64.6. The van der Waals surface area contributed by atoms with Crippen LogP contribution in [0.4, 0.5) is 0 Å². The number of hydrogen-bond acceptors (Lipinski definition) is 5. The van der Waals surface area contributed by atoms with Gasteiger partial charge in [-0.15, -0.1) is 0 Å². The van der Waals surface area contributed by atoms with Gasteiger partial charge in [0.05, 0.1) is 18.8 Å². The van der Waals surface area contributed by atoms with Crippen molar-refractivity contribution in [1.29, 1.82) is 0 Å². The number of amides is 1. The average Bonchev–Trinajstić information content (AvgIpc) is 3.42. The molecular weight excluding hydrogens is 935 g/mol. The zero-order chi connectivity index (χ0) is 55.1. The van der Waals surface area contributed by atoms with E-state index in [1.54, 1.807) is 0 Å². The summed E-state index contributed by atoms with van der Waals surface area (Å²) in [5, 5.41) is 44.3. The molecule has 6 nitrogen and oxygen atoms in total. The predicted octanol–water partition coefficient (Wildman–Crippen LogP) is 21.3. The highest BCUT2D eigenvalue weighted by Gasteiger charge is 2.28. The molecule has 0 aromatic heterocycles. The predicted molar refractivity (Wildman–Crippen MR) is 334 cm³/mol. The van der Waals surface area contributed by atoms with Crippen LogP contribution in [-0.2, 0) is 4.79 Å². The maximum Gasteiger partial charge on any atom is 0.249 e. The molecule has 0 radical (unpaired) electrons. The molecule has 0 aliphatic carbocycles. The maximum atomic E-state index is 12.7. The van der Waals surface area contributed by atoms with E-state index in [4.69, 9.17) is 0 Å². The Hall–Kier alpha value is -1.21. The Bertz CT molecular complexity index is 1160. The van der Waals surface area contributed by atoms with Crippen molar-refractivity contribution >= 4 is 5.91 Å². The topological polar surface area (TPSA) is 110 Å². The van der Waals surface area contributed by atoms with Crippen LogP contribution in [0.5, 0.6) is 0 Å². The quantitative estimate of drug-likeness (QED) is 0.0308. The van der Waals surface area contributed by atoms with E-state index in [1.807, 2.05) is 0 Å². The van der Waals surface area contributed by atoms with Crippen LogP contribution in [0.15, 0.2) is 24.3 Å². The summed E-state index contributed by atoms with van der Waals surface area (Å²) in [7, 11) is 0. The van der Waals surface area contributed by atoms with Crippen molar-refractivity contribution in [2.75, 3.05) is 6.61 Å². The number of nitrogens with one attached hydrogen (secondary N) is 1. The van der Waals surface area contributed by atoms with Gasteiger partial charge in [0.25, 0.3) is 0 Å². The number of carbonyl (C=O) groups excluding carboxylic acids is 1. The fraction of sp³-hybridized carbons (Fsp3) is 0.929. The van der Waals surface area contributed by atoms with Gasteiger partial charge >= 0.3 is 0 Å². The van der Waals surface area contributed by atoms with Crippen LogP contribution in [0.2, 0.25) is 0 Å². The molecule has 452 valence electrons. The third kappa shape index (κ3) is 57.5. The summed E-state index contributed by atoms with van der Waals surface area (Å²) in [5.74, 6) is -0.576. The van der Waals surface area contributed by atoms with E-state index in [0.717, 1.165) is 44.9 Å². The van der Waals surface area contributed by atoms with Crippen molar-refractivity contribution in [3.63, 3.8) is 0 Å². The van der Waals surface area contributed by atoms with Crippen LogP contribution >= 0.6 is 0 Å². The first-order valence-corrected chi connectivity index (χ1v) is 34.7. The zero-order valence-corrected chi connectivity index (χ0v) is 51.5. The molecule has 0 bridgehead atoms. The first-order valence-electron chi connectivity index (χ1n) is 34.7. The number of aliphatic hydroxyl groups excluding tert-OH is 4. The highest BCUT2D eigenvalue weighted by atomic mass is 16.3. The monoisotopic (exact) mass is 1070 g/mol. The Balaban J connectivity index is 3.54. The normalized spacial score (nSPS) is 13.6. The van der Waals surface area contributed by atoms with Gasteiger partial charge in [-0.05, 0) is 44.9 Å². The van der Waals surface area contributed by atoms with E-state index in [1.165, 1.54) is 315 Å². The molecule has 4 atom stereocenters. The van der Waals surface area contributed by atoms with Crippen molar-refractivity contribution in [2.45, 2.75) is 411 Å². The minimum atomic E-state index is -1.26. The van der Waals surface area contributed by atoms with Crippen molar-refractivity contribution in [2.24, 2.45) is 0 Å². The van der Waals surface area contributed by atoms with Gasteiger partial charge in [-0.25, -0.2) is 0 Å². The minimum absolute atomic E-state index is 0.372. The Labute approximate surface area is 475 Å². The first kappa shape index (κ1) is 74.8. The van der Waals surface area contributed by atoms with Crippen LogP contribution in [0.1, 0.15) is 386 Å². The lowest BCUT2D eigenvalue weighted by Crippen LogP contribution is -2.53. The standard InChI is InChI=1S/C70H137NO5/c1-3-5-7-9-11-13-15-17-19-21-23-25-27-29-31-33-34-35-36-38-40-42-44-46-48-50-52-54-56-58-60-62-64-68(74)70(76)71-66(65-72)69(75)67(73)63-61-59-57-55-53-51-49-47-45-43-41-39-37-32-30-28-26-24-22-20-18-16-14-12-10-8-6-4-2/h23,25,29,31,66-69,72-75H,3-22,24,26-28,30,32-65H2,1-2H3,(H,71,76)/b25-23-,31-29-. The number of unbranched alkanes of at least 4 members (excludes halogenated alkanes) is 52. The smallest absolute Gasteiger partial charge is 0.249 e. The molecule has 0 fully saturated rings. The summed E-state index contributed by atoms with van der Waals surface area (Å²) in [6.45, 7) is 4.11. The second-order valence-corrected chi connectivity index (χ2v) is 24.2. The third-order valence-electron chi connectivity index (χ3n) is 16.7. The summed E-state index contributed by atoms with van der Waals surface area (Å²) in [6, 6.07) is -0.986. The number of aliphatic hydroxyl groups is 4. The summed E-state index contributed by atoms with van der Waals surface area (Å²) >= 11 is 0. The minimum Gasteiger partial charge on any atom is -0.394 e. The van der Waals surface area contributed by atoms with Crippen LogP contribution < -0.4 is 5.32 Å². The van der Waals surface area contributed by atoms with E-state index in [2.05, 4.69) is 43.5 Å². The van der Waals surface area contributed by atoms with E-state index in [-0.39, 0.29) is 0 Å². The molecule has 0 spiro atoms. The van der Waals surface area contributed by atoms with Gasteiger partial charge in [0, 0.05) is 0 Å². The fourth-order valence-electron chi connectivity index (χ4n) is 11.3. The summed E-state index contributed by atoms with van der Waals surface area (Å²) in [5.41, 5.74) is 0. The Morgan fingerprint density at radius 3 is 0.829 bits per heavy atom. The van der Waals surface area contributed by atoms with Crippen molar-refractivity contribution in [1.82, 2.24) is 5.32 Å². The van der Waals surface area contributed by atoms with E-state index in [0.29, 0.717) is 12.8 Å². The molecule has 6 heteroatoms.